The van der Waals surface area contributed by atoms with Gasteiger partial charge in [0, 0.05) is 23.8 Å². The summed E-state index contributed by atoms with van der Waals surface area (Å²) in [5.41, 5.74) is 2.63. The number of hydrazine groups is 1. The second kappa shape index (κ2) is 7.69. The normalized spacial score (nSPS) is 21.9. The van der Waals surface area contributed by atoms with E-state index in [-0.39, 0.29) is 0 Å². The van der Waals surface area contributed by atoms with Crippen LogP contribution in [0.3, 0.4) is 0 Å². The number of nitrogens with two attached hydrogens (primary N) is 1. The Balaban J connectivity index is 2.09. The van der Waals surface area contributed by atoms with E-state index in [1.807, 2.05) is 17.8 Å². The lowest BCUT2D eigenvalue weighted by Crippen LogP contribution is -2.27. The van der Waals surface area contributed by atoms with Crippen LogP contribution < -0.4 is 16.6 Å². The van der Waals surface area contributed by atoms with Crippen LogP contribution in [-0.2, 0) is 6.42 Å². The summed E-state index contributed by atoms with van der Waals surface area (Å²) in [7, 11) is 0. The molecular weight excluding hydrogens is 270 g/mol. The molecule has 0 aliphatic heterocycles. The monoisotopic (exact) mass is 295 g/mol. The van der Waals surface area contributed by atoms with Crippen LogP contribution in [0.2, 0.25) is 0 Å². The Bertz CT molecular complexity index is 426. The highest BCUT2D eigenvalue weighted by Crippen LogP contribution is 2.32. The van der Waals surface area contributed by atoms with Crippen molar-refractivity contribution in [3.8, 4) is 0 Å². The Morgan fingerprint density at radius 3 is 2.80 bits per heavy atom. The van der Waals surface area contributed by atoms with Crippen LogP contribution in [0.15, 0.2) is 6.07 Å². The van der Waals surface area contributed by atoms with Crippen molar-refractivity contribution in [2.24, 2.45) is 5.84 Å². The van der Waals surface area contributed by atoms with Gasteiger partial charge >= 0.3 is 0 Å². The molecule has 5 nitrogen and oxygen atoms in total. The summed E-state index contributed by atoms with van der Waals surface area (Å²) in [5, 5.41) is 4.28. The molecule has 6 heteroatoms. The molecule has 1 heterocycles. The van der Waals surface area contributed by atoms with Crippen LogP contribution in [0.25, 0.3) is 0 Å². The van der Waals surface area contributed by atoms with Gasteiger partial charge in [-0.1, -0.05) is 20.3 Å². The highest BCUT2D eigenvalue weighted by Gasteiger charge is 2.27. The lowest BCUT2D eigenvalue weighted by molar-refractivity contribution is 0.755. The van der Waals surface area contributed by atoms with E-state index in [9.17, 15) is 0 Å². The van der Waals surface area contributed by atoms with Gasteiger partial charge in [0.25, 0.3) is 0 Å². The van der Waals surface area contributed by atoms with Crippen molar-refractivity contribution in [2.75, 3.05) is 16.5 Å². The second-order valence-corrected chi connectivity index (χ2v) is 6.64. The predicted molar refractivity (Wildman–Crippen MR) is 87.0 cm³/mol. The molecule has 20 heavy (non-hydrogen) atoms. The van der Waals surface area contributed by atoms with Crippen molar-refractivity contribution in [3.63, 3.8) is 0 Å². The first-order valence-corrected chi connectivity index (χ1v) is 8.54. The van der Waals surface area contributed by atoms with Gasteiger partial charge in [0.15, 0.2) is 0 Å². The van der Waals surface area contributed by atoms with Gasteiger partial charge in [-0.25, -0.2) is 15.8 Å². The van der Waals surface area contributed by atoms with Crippen LogP contribution in [0.4, 0.5) is 11.6 Å². The maximum absolute atomic E-state index is 5.49. The molecule has 112 valence electrons. The molecule has 2 atom stereocenters. The van der Waals surface area contributed by atoms with Crippen LogP contribution in [0.5, 0.6) is 0 Å². The number of thioether (sulfide) groups is 1. The molecule has 2 rings (SSSR count). The van der Waals surface area contributed by atoms with Gasteiger partial charge in [-0.3, -0.25) is 0 Å². The van der Waals surface area contributed by atoms with Crippen LogP contribution in [0.1, 0.15) is 45.4 Å². The molecule has 4 N–H and O–H groups in total. The number of rotatable bonds is 7. The first-order chi connectivity index (χ1) is 9.76. The number of nitrogens with one attached hydrogen (secondary N) is 2. The van der Waals surface area contributed by atoms with E-state index < -0.39 is 0 Å². The minimum Gasteiger partial charge on any atom is -0.366 e. The number of aromatic nitrogens is 2. The van der Waals surface area contributed by atoms with Crippen LogP contribution in [0, 0.1) is 0 Å². The molecule has 0 aromatic carbocycles. The molecule has 0 bridgehead atoms. The lowest BCUT2D eigenvalue weighted by Gasteiger charge is -2.21. The highest BCUT2D eigenvalue weighted by atomic mass is 32.2. The number of anilines is 2. The largest absolute Gasteiger partial charge is 0.366 e. The maximum Gasteiger partial charge on any atom is 0.145 e. The molecule has 0 saturated heterocycles. The van der Waals surface area contributed by atoms with E-state index >= 15 is 0 Å². The van der Waals surface area contributed by atoms with Crippen molar-refractivity contribution >= 4 is 23.4 Å². The molecule has 0 radical (unpaired) electrons. The van der Waals surface area contributed by atoms with E-state index in [1.54, 1.807) is 0 Å². The molecule has 0 amide bonds. The van der Waals surface area contributed by atoms with Gasteiger partial charge in [-0.2, -0.15) is 11.8 Å². The third kappa shape index (κ3) is 3.99. The molecule has 1 saturated carbocycles. The fourth-order valence-corrected chi connectivity index (χ4v) is 3.87. The van der Waals surface area contributed by atoms with Crippen LogP contribution >= 0.6 is 11.8 Å². The summed E-state index contributed by atoms with van der Waals surface area (Å²) in [6.45, 7) is 4.35. The first-order valence-electron chi connectivity index (χ1n) is 7.49. The Labute approximate surface area is 125 Å². The third-order valence-electron chi connectivity index (χ3n) is 3.56. The van der Waals surface area contributed by atoms with Gasteiger partial charge in [-0.15, -0.1) is 0 Å². The number of hydrogen-bond donors (Lipinski definition) is 3. The van der Waals surface area contributed by atoms with E-state index in [0.717, 1.165) is 24.5 Å². The van der Waals surface area contributed by atoms with E-state index in [0.29, 0.717) is 17.1 Å². The molecule has 2 unspecified atom stereocenters. The van der Waals surface area contributed by atoms with Crippen molar-refractivity contribution < 1.29 is 0 Å². The average Bonchev–Trinajstić information content (AvgIpc) is 2.86. The molecule has 1 fully saturated rings. The Morgan fingerprint density at radius 1 is 1.30 bits per heavy atom. The number of nitrogen functional groups attached to an aromatic ring is 1. The number of hydrogen-bond acceptors (Lipinski definition) is 6. The Kier molecular flexibility index (Phi) is 5.91. The minimum absolute atomic E-state index is 0.509. The minimum atomic E-state index is 0.509. The van der Waals surface area contributed by atoms with Gasteiger partial charge in [0.1, 0.15) is 17.5 Å². The second-order valence-electron chi connectivity index (χ2n) is 5.12. The summed E-state index contributed by atoms with van der Waals surface area (Å²) in [5.74, 6) is 9.09. The van der Waals surface area contributed by atoms with Crippen LogP contribution in [-0.4, -0.2) is 27.0 Å². The zero-order valence-electron chi connectivity index (χ0n) is 12.4. The molecule has 1 aliphatic carbocycles. The zero-order valence-corrected chi connectivity index (χ0v) is 13.2. The Morgan fingerprint density at radius 2 is 2.10 bits per heavy atom. The summed E-state index contributed by atoms with van der Waals surface area (Å²) < 4.78 is 0. The van der Waals surface area contributed by atoms with E-state index in [4.69, 9.17) is 5.84 Å². The standard InChI is InChI=1S/C14H25N5S/c1-3-6-12-17-13(9-14(18-12)19-15)16-10-7-5-8-11(10)20-4-2/h9-11H,3-8,15H2,1-2H3,(H2,16,17,18,19). The van der Waals surface area contributed by atoms with Crippen molar-refractivity contribution in [1.82, 2.24) is 9.97 Å². The predicted octanol–water partition coefficient (Wildman–Crippen LogP) is 2.80. The third-order valence-corrected chi connectivity index (χ3v) is 4.89. The molecule has 1 aromatic heterocycles. The fourth-order valence-electron chi connectivity index (χ4n) is 2.68. The average molecular weight is 295 g/mol. The van der Waals surface area contributed by atoms with Gasteiger partial charge < -0.3 is 10.7 Å². The number of aryl methyl sites for hydroxylation is 1. The quantitative estimate of drug-likeness (QED) is 0.530. The molecule has 1 aliphatic rings. The van der Waals surface area contributed by atoms with E-state index in [2.05, 4.69) is 34.6 Å². The smallest absolute Gasteiger partial charge is 0.145 e. The summed E-state index contributed by atoms with van der Waals surface area (Å²) in [4.78, 5) is 8.98. The highest BCUT2D eigenvalue weighted by molar-refractivity contribution is 7.99. The zero-order chi connectivity index (χ0) is 14.4. The topological polar surface area (TPSA) is 75.9 Å². The van der Waals surface area contributed by atoms with Crippen molar-refractivity contribution in [2.45, 2.75) is 57.2 Å². The van der Waals surface area contributed by atoms with Crippen molar-refractivity contribution in [1.29, 1.82) is 0 Å². The van der Waals surface area contributed by atoms with Gasteiger partial charge in [-0.05, 0) is 25.0 Å². The summed E-state index contributed by atoms with van der Waals surface area (Å²) in [6.07, 6.45) is 5.72. The van der Waals surface area contributed by atoms with Gasteiger partial charge in [0.05, 0.1) is 0 Å². The Hall–Kier alpha value is -1.01. The fraction of sp³-hybridized carbons (Fsp3) is 0.714. The SMILES string of the molecule is CCCc1nc(NN)cc(NC2CCCC2SCC)n1. The molecular formula is C14H25N5S. The first kappa shape index (κ1) is 15.4. The molecule has 1 aromatic rings. The molecule has 0 spiro atoms. The maximum atomic E-state index is 5.49. The summed E-state index contributed by atoms with van der Waals surface area (Å²) >= 11 is 2.04. The van der Waals surface area contributed by atoms with Crippen molar-refractivity contribution in [3.05, 3.63) is 11.9 Å². The van der Waals surface area contributed by atoms with E-state index in [1.165, 1.54) is 25.0 Å². The summed E-state index contributed by atoms with van der Waals surface area (Å²) in [6, 6.07) is 2.40. The lowest BCUT2D eigenvalue weighted by atomic mass is 10.2. The van der Waals surface area contributed by atoms with Gasteiger partial charge in [0.2, 0.25) is 0 Å². The number of nitrogens with zero attached hydrogens (tertiary/aromatic N) is 2.